The maximum atomic E-state index is 12.3. The second kappa shape index (κ2) is 7.63. The molecule has 122 valence electrons. The highest BCUT2D eigenvalue weighted by atomic mass is 31.2. The van der Waals surface area contributed by atoms with Crippen LogP contribution in [0.3, 0.4) is 0 Å². The van der Waals surface area contributed by atoms with Crippen LogP contribution in [0.4, 0.5) is 26.3 Å². The first-order valence-corrected chi connectivity index (χ1v) is 7.13. The highest BCUT2D eigenvalue weighted by Gasteiger charge is 2.61. The normalized spacial score (nSPS) is 14.1. The monoisotopic (exact) mass is 332 g/mol. The van der Waals surface area contributed by atoms with Gasteiger partial charge in [-0.25, -0.2) is 4.57 Å². The van der Waals surface area contributed by atoms with E-state index in [2.05, 4.69) is 13.6 Å². The Bertz CT molecular complexity index is 303. The van der Waals surface area contributed by atoms with Gasteiger partial charge < -0.3 is 0 Å². The third kappa shape index (κ3) is 6.92. The van der Waals surface area contributed by atoms with Crippen LogP contribution in [0, 0.1) is 0 Å². The van der Waals surface area contributed by atoms with E-state index in [1.54, 1.807) is 0 Å². The summed E-state index contributed by atoms with van der Waals surface area (Å²) in [7, 11) is -4.94. The average molecular weight is 332 g/mol. The quantitative estimate of drug-likeness (QED) is 0.486. The topological polar surface area (TPSA) is 44.8 Å². The van der Waals surface area contributed by atoms with E-state index >= 15 is 0 Å². The maximum absolute atomic E-state index is 12.3. The Morgan fingerprint density at radius 2 is 1.25 bits per heavy atom. The molecule has 0 aliphatic carbocycles. The molecule has 0 radical (unpaired) electrons. The summed E-state index contributed by atoms with van der Waals surface area (Å²) in [5.74, 6) is 0. The summed E-state index contributed by atoms with van der Waals surface area (Å²) >= 11 is 0. The lowest BCUT2D eigenvalue weighted by atomic mass is 10.3. The fraction of sp³-hybridized carbons (Fsp3) is 1.00. The van der Waals surface area contributed by atoms with Crippen molar-refractivity contribution in [3.8, 4) is 0 Å². The summed E-state index contributed by atoms with van der Waals surface area (Å²) in [5.41, 5.74) is 0. The minimum atomic E-state index is -5.78. The number of phosphoric ester groups is 1. The fourth-order valence-electron chi connectivity index (χ4n) is 0.939. The molecule has 0 bridgehead atoms. The molecule has 0 rings (SSSR count). The van der Waals surface area contributed by atoms with Gasteiger partial charge in [-0.15, -0.1) is 0 Å². The predicted octanol–water partition coefficient (Wildman–Crippen LogP) is 4.46. The molecule has 4 nitrogen and oxygen atoms in total. The second-order valence-corrected chi connectivity index (χ2v) is 5.30. The lowest BCUT2D eigenvalue weighted by Crippen LogP contribution is -2.43. The zero-order chi connectivity index (χ0) is 16.0. The van der Waals surface area contributed by atoms with Crippen molar-refractivity contribution in [3.05, 3.63) is 0 Å². The summed E-state index contributed by atoms with van der Waals surface area (Å²) in [6.07, 6.45) is -15.4. The molecule has 0 saturated carbocycles. The van der Waals surface area contributed by atoms with Crippen molar-refractivity contribution >= 4 is 7.82 Å². The third-order valence-corrected chi connectivity index (χ3v) is 3.20. The van der Waals surface area contributed by atoms with Crippen LogP contribution in [0.5, 0.6) is 0 Å². The van der Waals surface area contributed by atoms with Gasteiger partial charge in [0.15, 0.2) is 0 Å². The highest BCUT2D eigenvalue weighted by molar-refractivity contribution is 7.48. The minimum Gasteiger partial charge on any atom is -0.287 e. The smallest absolute Gasteiger partial charge is 0.287 e. The van der Waals surface area contributed by atoms with Gasteiger partial charge >= 0.3 is 20.2 Å². The molecule has 0 N–H and O–H groups in total. The van der Waals surface area contributed by atoms with Crippen LogP contribution in [0.1, 0.15) is 26.7 Å². The molecule has 0 heterocycles. The standard InChI is InChI=1S/C9H15F6O4P/c1-3-5-17-20(16,18-6-4-2)19-7(8(10,11)12)9(13,14)15/h7H,3-6H2,1-2H3. The first kappa shape index (κ1) is 19.7. The molecule has 0 atom stereocenters. The van der Waals surface area contributed by atoms with Gasteiger partial charge in [-0.1, -0.05) is 13.8 Å². The van der Waals surface area contributed by atoms with E-state index in [0.29, 0.717) is 0 Å². The third-order valence-electron chi connectivity index (χ3n) is 1.74. The maximum Gasteiger partial charge on any atom is 0.475 e. The number of hydrogen-bond donors (Lipinski definition) is 0. The molecule has 0 saturated heterocycles. The molecule has 0 fully saturated rings. The van der Waals surface area contributed by atoms with Crippen molar-refractivity contribution in [3.63, 3.8) is 0 Å². The Morgan fingerprint density at radius 1 is 0.900 bits per heavy atom. The van der Waals surface area contributed by atoms with Crippen molar-refractivity contribution in [1.82, 2.24) is 0 Å². The number of halogens is 6. The van der Waals surface area contributed by atoms with Gasteiger partial charge in [0.25, 0.3) is 6.10 Å². The molecule has 0 aromatic carbocycles. The number of alkyl halides is 6. The van der Waals surface area contributed by atoms with Crippen LogP contribution in [-0.2, 0) is 18.1 Å². The van der Waals surface area contributed by atoms with Crippen LogP contribution >= 0.6 is 7.82 Å². The summed E-state index contributed by atoms with van der Waals surface area (Å²) in [5, 5.41) is 0. The van der Waals surface area contributed by atoms with Gasteiger partial charge in [-0.3, -0.25) is 13.6 Å². The van der Waals surface area contributed by atoms with E-state index in [4.69, 9.17) is 0 Å². The van der Waals surface area contributed by atoms with Crippen LogP contribution in [0.2, 0.25) is 0 Å². The lowest BCUT2D eigenvalue weighted by molar-refractivity contribution is -0.303. The Balaban J connectivity index is 5.12. The van der Waals surface area contributed by atoms with Gasteiger partial charge in [0, 0.05) is 0 Å². The van der Waals surface area contributed by atoms with E-state index in [1.165, 1.54) is 13.8 Å². The highest BCUT2D eigenvalue weighted by Crippen LogP contribution is 2.54. The van der Waals surface area contributed by atoms with Crippen molar-refractivity contribution < 1.29 is 44.5 Å². The van der Waals surface area contributed by atoms with Crippen molar-refractivity contribution in [2.45, 2.75) is 45.1 Å². The van der Waals surface area contributed by atoms with Crippen molar-refractivity contribution in [2.75, 3.05) is 13.2 Å². The zero-order valence-corrected chi connectivity index (χ0v) is 11.6. The summed E-state index contributed by atoms with van der Waals surface area (Å²) in [4.78, 5) is 0. The van der Waals surface area contributed by atoms with E-state index in [1.807, 2.05) is 0 Å². The zero-order valence-electron chi connectivity index (χ0n) is 10.8. The molecule has 20 heavy (non-hydrogen) atoms. The summed E-state index contributed by atoms with van der Waals surface area (Å²) in [6.45, 7) is 2.33. The largest absolute Gasteiger partial charge is 0.475 e. The van der Waals surface area contributed by atoms with Crippen LogP contribution in [0.25, 0.3) is 0 Å². The minimum absolute atomic E-state index is 0.214. The molecule has 0 spiro atoms. The first-order valence-electron chi connectivity index (χ1n) is 5.67. The van der Waals surface area contributed by atoms with E-state index in [-0.39, 0.29) is 26.1 Å². The molecule has 0 amide bonds. The Labute approximate surface area is 112 Å². The average Bonchev–Trinajstić information content (AvgIpc) is 2.28. The van der Waals surface area contributed by atoms with Gasteiger partial charge in [0.1, 0.15) is 0 Å². The first-order chi connectivity index (χ1) is 8.96. The number of phosphoric acid groups is 1. The van der Waals surface area contributed by atoms with Gasteiger partial charge in [-0.05, 0) is 12.8 Å². The lowest BCUT2D eigenvalue weighted by Gasteiger charge is -2.26. The van der Waals surface area contributed by atoms with Crippen LogP contribution in [-0.4, -0.2) is 31.7 Å². The van der Waals surface area contributed by atoms with Gasteiger partial charge in [-0.2, -0.15) is 26.3 Å². The molecular formula is C9H15F6O4P. The van der Waals surface area contributed by atoms with E-state index in [9.17, 15) is 30.9 Å². The Kier molecular flexibility index (Phi) is 7.51. The molecule has 0 aromatic heterocycles. The fourth-order valence-corrected chi connectivity index (χ4v) is 2.44. The van der Waals surface area contributed by atoms with E-state index in [0.717, 1.165) is 0 Å². The molecule has 0 aliphatic rings. The Hall–Kier alpha value is -0.310. The van der Waals surface area contributed by atoms with Crippen molar-refractivity contribution in [1.29, 1.82) is 0 Å². The summed E-state index contributed by atoms with van der Waals surface area (Å²) in [6, 6.07) is 0. The predicted molar refractivity (Wildman–Crippen MR) is 57.1 cm³/mol. The van der Waals surface area contributed by atoms with Gasteiger partial charge in [0.2, 0.25) is 0 Å². The molecule has 0 unspecified atom stereocenters. The van der Waals surface area contributed by atoms with Crippen LogP contribution in [0.15, 0.2) is 0 Å². The molecule has 0 aliphatic heterocycles. The molecule has 11 heteroatoms. The Morgan fingerprint density at radius 3 is 1.50 bits per heavy atom. The van der Waals surface area contributed by atoms with E-state index < -0.39 is 26.3 Å². The van der Waals surface area contributed by atoms with Crippen molar-refractivity contribution in [2.24, 2.45) is 0 Å². The van der Waals surface area contributed by atoms with Gasteiger partial charge in [0.05, 0.1) is 13.2 Å². The SMILES string of the molecule is CCCOP(=O)(OCCC)OC(C(F)(F)F)C(F)(F)F. The second-order valence-electron chi connectivity index (χ2n) is 3.68. The molecular weight excluding hydrogens is 317 g/mol. The molecule has 0 aromatic rings. The van der Waals surface area contributed by atoms with Crippen LogP contribution < -0.4 is 0 Å². The summed E-state index contributed by atoms with van der Waals surface area (Å²) < 4.78 is 98.1. The number of rotatable bonds is 8. The number of hydrogen-bond acceptors (Lipinski definition) is 4.